The SMILES string of the molecule is Cl.NCc1ccc(C(=O)NCC2CC3CCC2C3)cc1. The quantitative estimate of drug-likeness (QED) is 0.897. The first-order chi connectivity index (χ1) is 9.26. The predicted octanol–water partition coefficient (Wildman–Crippen LogP) is 2.73. The summed E-state index contributed by atoms with van der Waals surface area (Å²) < 4.78 is 0. The van der Waals surface area contributed by atoms with E-state index in [1.54, 1.807) is 0 Å². The summed E-state index contributed by atoms with van der Waals surface area (Å²) in [6, 6.07) is 7.57. The molecule has 110 valence electrons. The van der Waals surface area contributed by atoms with Gasteiger partial charge in [0.15, 0.2) is 0 Å². The van der Waals surface area contributed by atoms with Gasteiger partial charge in [0.2, 0.25) is 0 Å². The van der Waals surface area contributed by atoms with Crippen LogP contribution in [0.3, 0.4) is 0 Å². The molecule has 2 fully saturated rings. The molecule has 1 amide bonds. The number of hydrogen-bond acceptors (Lipinski definition) is 2. The minimum absolute atomic E-state index is 0. The minimum Gasteiger partial charge on any atom is -0.352 e. The van der Waals surface area contributed by atoms with Crippen molar-refractivity contribution in [1.82, 2.24) is 5.32 Å². The average Bonchev–Trinajstić information content (AvgIpc) is 3.07. The normalized spacial score (nSPS) is 27.1. The van der Waals surface area contributed by atoms with Gasteiger partial charge in [-0.2, -0.15) is 0 Å². The van der Waals surface area contributed by atoms with Crippen LogP contribution in [0.1, 0.15) is 41.6 Å². The summed E-state index contributed by atoms with van der Waals surface area (Å²) in [5, 5.41) is 3.09. The van der Waals surface area contributed by atoms with E-state index in [9.17, 15) is 4.79 Å². The Morgan fingerprint density at radius 1 is 1.20 bits per heavy atom. The predicted molar refractivity (Wildman–Crippen MR) is 82.9 cm³/mol. The molecule has 2 aliphatic carbocycles. The highest BCUT2D eigenvalue weighted by Crippen LogP contribution is 2.47. The first kappa shape index (κ1) is 15.3. The Hall–Kier alpha value is -1.06. The van der Waals surface area contributed by atoms with Crippen molar-refractivity contribution in [2.75, 3.05) is 6.54 Å². The van der Waals surface area contributed by atoms with E-state index in [1.807, 2.05) is 24.3 Å². The van der Waals surface area contributed by atoms with Gasteiger partial charge in [0, 0.05) is 18.7 Å². The minimum atomic E-state index is 0. The van der Waals surface area contributed by atoms with Gasteiger partial charge in [-0.25, -0.2) is 0 Å². The van der Waals surface area contributed by atoms with E-state index in [4.69, 9.17) is 5.73 Å². The van der Waals surface area contributed by atoms with E-state index in [0.717, 1.165) is 29.5 Å². The molecule has 4 heteroatoms. The number of amides is 1. The number of carbonyl (C=O) groups is 1. The molecule has 1 aromatic carbocycles. The van der Waals surface area contributed by atoms with Gasteiger partial charge in [-0.1, -0.05) is 18.6 Å². The molecule has 20 heavy (non-hydrogen) atoms. The Kier molecular flexibility index (Phi) is 5.06. The highest BCUT2D eigenvalue weighted by molar-refractivity contribution is 5.94. The fourth-order valence-electron chi connectivity index (χ4n) is 3.74. The van der Waals surface area contributed by atoms with E-state index in [2.05, 4.69) is 5.32 Å². The summed E-state index contributed by atoms with van der Waals surface area (Å²) in [5.41, 5.74) is 7.35. The van der Waals surface area contributed by atoms with E-state index in [-0.39, 0.29) is 18.3 Å². The van der Waals surface area contributed by atoms with E-state index < -0.39 is 0 Å². The van der Waals surface area contributed by atoms with Crippen LogP contribution in [0.5, 0.6) is 0 Å². The zero-order valence-corrected chi connectivity index (χ0v) is 12.5. The maximum absolute atomic E-state index is 12.1. The Morgan fingerprint density at radius 2 is 1.95 bits per heavy atom. The summed E-state index contributed by atoms with van der Waals surface area (Å²) in [6.45, 7) is 1.37. The molecule has 2 aliphatic rings. The number of nitrogens with two attached hydrogens (primary N) is 1. The highest BCUT2D eigenvalue weighted by Gasteiger charge is 2.39. The molecule has 0 heterocycles. The second kappa shape index (κ2) is 6.59. The van der Waals surface area contributed by atoms with Crippen molar-refractivity contribution in [3.05, 3.63) is 35.4 Å². The van der Waals surface area contributed by atoms with Crippen molar-refractivity contribution in [2.24, 2.45) is 23.5 Å². The van der Waals surface area contributed by atoms with E-state index in [1.165, 1.54) is 25.7 Å². The van der Waals surface area contributed by atoms with Gasteiger partial charge in [0.25, 0.3) is 5.91 Å². The van der Waals surface area contributed by atoms with Crippen molar-refractivity contribution in [1.29, 1.82) is 0 Å². The van der Waals surface area contributed by atoms with Gasteiger partial charge in [-0.15, -0.1) is 12.4 Å². The van der Waals surface area contributed by atoms with Crippen LogP contribution < -0.4 is 11.1 Å². The second-order valence-corrected chi connectivity index (χ2v) is 6.05. The zero-order valence-electron chi connectivity index (χ0n) is 11.7. The molecule has 2 bridgehead atoms. The molecule has 0 radical (unpaired) electrons. The number of benzene rings is 1. The van der Waals surface area contributed by atoms with Gasteiger partial charge in [0.05, 0.1) is 0 Å². The fraction of sp³-hybridized carbons (Fsp3) is 0.562. The van der Waals surface area contributed by atoms with Crippen molar-refractivity contribution < 1.29 is 4.79 Å². The number of nitrogens with one attached hydrogen (secondary N) is 1. The van der Waals surface area contributed by atoms with Crippen molar-refractivity contribution in [3.63, 3.8) is 0 Å². The summed E-state index contributed by atoms with van der Waals surface area (Å²) in [4.78, 5) is 12.1. The van der Waals surface area contributed by atoms with Crippen LogP contribution in [0.2, 0.25) is 0 Å². The number of fused-ring (bicyclic) bond motifs is 2. The molecule has 2 saturated carbocycles. The molecule has 1 aromatic rings. The van der Waals surface area contributed by atoms with Crippen LogP contribution in [-0.2, 0) is 6.54 Å². The molecular weight excluding hydrogens is 272 g/mol. The standard InChI is InChI=1S/C16H22N2O.ClH/c17-9-11-1-4-13(5-2-11)16(19)18-10-15-8-12-3-6-14(15)7-12;/h1-2,4-5,12,14-15H,3,6-10,17H2,(H,18,19);1H. The Balaban J connectivity index is 0.00000147. The first-order valence-electron chi connectivity index (χ1n) is 7.33. The smallest absolute Gasteiger partial charge is 0.251 e. The molecule has 3 rings (SSSR count). The Labute approximate surface area is 126 Å². The average molecular weight is 295 g/mol. The van der Waals surface area contributed by atoms with Crippen molar-refractivity contribution >= 4 is 18.3 Å². The molecule has 3 N–H and O–H groups in total. The van der Waals surface area contributed by atoms with Crippen LogP contribution in [-0.4, -0.2) is 12.5 Å². The lowest BCUT2D eigenvalue weighted by molar-refractivity contribution is 0.0942. The lowest BCUT2D eigenvalue weighted by Crippen LogP contribution is -2.31. The van der Waals surface area contributed by atoms with Gasteiger partial charge in [-0.05, 0) is 54.7 Å². The molecule has 0 spiro atoms. The molecule has 3 unspecified atom stereocenters. The van der Waals surface area contributed by atoms with Gasteiger partial charge >= 0.3 is 0 Å². The van der Waals surface area contributed by atoms with Gasteiger partial charge in [0.1, 0.15) is 0 Å². The Bertz CT molecular complexity index is 460. The monoisotopic (exact) mass is 294 g/mol. The van der Waals surface area contributed by atoms with Gasteiger partial charge < -0.3 is 11.1 Å². The molecule has 0 aliphatic heterocycles. The van der Waals surface area contributed by atoms with Crippen LogP contribution >= 0.6 is 12.4 Å². The highest BCUT2D eigenvalue weighted by atomic mass is 35.5. The molecule has 3 atom stereocenters. The molecular formula is C16H23ClN2O. The van der Waals surface area contributed by atoms with Crippen molar-refractivity contribution in [3.8, 4) is 0 Å². The number of rotatable bonds is 4. The molecule has 0 saturated heterocycles. The van der Waals surface area contributed by atoms with Crippen LogP contribution in [0.4, 0.5) is 0 Å². The van der Waals surface area contributed by atoms with Crippen LogP contribution in [0.15, 0.2) is 24.3 Å². The summed E-state index contributed by atoms with van der Waals surface area (Å²) in [7, 11) is 0. The Morgan fingerprint density at radius 3 is 2.50 bits per heavy atom. The topological polar surface area (TPSA) is 55.1 Å². The maximum atomic E-state index is 12.1. The fourth-order valence-corrected chi connectivity index (χ4v) is 3.74. The van der Waals surface area contributed by atoms with E-state index in [0.29, 0.717) is 12.5 Å². The van der Waals surface area contributed by atoms with Crippen LogP contribution in [0, 0.1) is 17.8 Å². The third kappa shape index (κ3) is 3.15. The second-order valence-electron chi connectivity index (χ2n) is 6.05. The molecule has 0 aromatic heterocycles. The molecule has 3 nitrogen and oxygen atoms in total. The van der Waals surface area contributed by atoms with Crippen LogP contribution in [0.25, 0.3) is 0 Å². The summed E-state index contributed by atoms with van der Waals surface area (Å²) >= 11 is 0. The zero-order chi connectivity index (χ0) is 13.2. The lowest BCUT2D eigenvalue weighted by Gasteiger charge is -2.21. The third-order valence-electron chi connectivity index (χ3n) is 4.86. The third-order valence-corrected chi connectivity index (χ3v) is 4.86. The van der Waals surface area contributed by atoms with Gasteiger partial charge in [-0.3, -0.25) is 4.79 Å². The number of carbonyl (C=O) groups excluding carboxylic acids is 1. The number of halogens is 1. The summed E-state index contributed by atoms with van der Waals surface area (Å²) in [5.74, 6) is 2.57. The lowest BCUT2D eigenvalue weighted by atomic mass is 9.89. The van der Waals surface area contributed by atoms with E-state index >= 15 is 0 Å². The first-order valence-corrected chi connectivity index (χ1v) is 7.33. The summed E-state index contributed by atoms with van der Waals surface area (Å²) in [6.07, 6.45) is 5.49. The van der Waals surface area contributed by atoms with Crippen molar-refractivity contribution in [2.45, 2.75) is 32.2 Å². The number of hydrogen-bond donors (Lipinski definition) is 2. The largest absolute Gasteiger partial charge is 0.352 e. The maximum Gasteiger partial charge on any atom is 0.251 e.